The summed E-state index contributed by atoms with van der Waals surface area (Å²) in [5.41, 5.74) is 7.97. The molecule has 0 fully saturated rings. The number of nitrogens with one attached hydrogen (secondary N) is 1. The molecule has 1 rings (SSSR count). The molecule has 1 aromatic rings. The van der Waals surface area contributed by atoms with Crippen LogP contribution in [0.1, 0.15) is 54.1 Å². The van der Waals surface area contributed by atoms with E-state index in [0.717, 1.165) is 30.5 Å². The summed E-state index contributed by atoms with van der Waals surface area (Å²) in [7, 11) is 0. The second-order valence-corrected chi connectivity index (χ2v) is 4.85. The molecule has 0 aliphatic carbocycles. The Kier molecular flexibility index (Phi) is 7.46. The highest BCUT2D eigenvalue weighted by Crippen LogP contribution is 2.10. The Balaban J connectivity index is 2.60. The molecule has 3 N–H and O–H groups in total. The molecule has 0 saturated heterocycles. The lowest BCUT2D eigenvalue weighted by Crippen LogP contribution is -2.24. The molecule has 1 aromatic carbocycles. The second-order valence-electron chi connectivity index (χ2n) is 4.85. The highest BCUT2D eigenvalue weighted by molar-refractivity contribution is 5.94. The summed E-state index contributed by atoms with van der Waals surface area (Å²) in [6.45, 7) is 5.21. The van der Waals surface area contributed by atoms with Gasteiger partial charge in [0.05, 0.1) is 6.54 Å². The number of rotatable bonds is 6. The first-order valence-electron chi connectivity index (χ1n) is 7.26. The van der Waals surface area contributed by atoms with Gasteiger partial charge in [0.1, 0.15) is 0 Å². The first-order chi connectivity index (χ1) is 9.69. The van der Waals surface area contributed by atoms with Crippen LogP contribution in [0.2, 0.25) is 0 Å². The Bertz CT molecular complexity index is 497. The van der Waals surface area contributed by atoms with Gasteiger partial charge in [-0.05, 0) is 31.0 Å². The van der Waals surface area contributed by atoms with E-state index in [-0.39, 0.29) is 5.91 Å². The molecule has 0 spiro atoms. The average Bonchev–Trinajstić information content (AvgIpc) is 2.46. The van der Waals surface area contributed by atoms with Crippen LogP contribution in [-0.2, 0) is 0 Å². The second kappa shape index (κ2) is 9.17. The normalized spacial score (nSPS) is 9.75. The molecule has 0 atom stereocenters. The fraction of sp³-hybridized carbons (Fsp3) is 0.471. The Hall–Kier alpha value is -1.79. The van der Waals surface area contributed by atoms with Crippen LogP contribution in [0.15, 0.2) is 18.2 Å². The maximum atomic E-state index is 12.0. The minimum Gasteiger partial charge on any atom is -0.352 e. The standard InChI is InChI=1S/C17H24N2O/c1-3-4-5-6-12-19-17(20)16-10-9-14(2)15(13-16)8-7-11-18/h9-10,13H,3-6,11-12,18H2,1-2H3,(H,19,20). The summed E-state index contributed by atoms with van der Waals surface area (Å²) in [6.07, 6.45) is 4.62. The van der Waals surface area contributed by atoms with Crippen LogP contribution in [0.3, 0.4) is 0 Å². The number of unbranched alkanes of at least 4 members (excludes halogenated alkanes) is 3. The lowest BCUT2D eigenvalue weighted by Gasteiger charge is -2.06. The van der Waals surface area contributed by atoms with E-state index in [1.54, 1.807) is 0 Å². The maximum absolute atomic E-state index is 12.0. The lowest BCUT2D eigenvalue weighted by atomic mass is 10.0. The zero-order valence-electron chi connectivity index (χ0n) is 12.5. The molecule has 0 radical (unpaired) electrons. The number of amides is 1. The molecule has 0 aliphatic rings. The predicted octanol–water partition coefficient (Wildman–Crippen LogP) is 2.62. The van der Waals surface area contributed by atoms with Crippen molar-refractivity contribution >= 4 is 5.91 Å². The zero-order chi connectivity index (χ0) is 14.8. The molecule has 3 nitrogen and oxygen atoms in total. The summed E-state index contributed by atoms with van der Waals surface area (Å²) in [5.74, 6) is 5.79. The third-order valence-electron chi connectivity index (χ3n) is 3.14. The van der Waals surface area contributed by atoms with Gasteiger partial charge in [-0.15, -0.1) is 0 Å². The fourth-order valence-electron chi connectivity index (χ4n) is 1.90. The van der Waals surface area contributed by atoms with Crippen molar-refractivity contribution in [2.45, 2.75) is 39.5 Å². The van der Waals surface area contributed by atoms with Crippen molar-refractivity contribution in [2.75, 3.05) is 13.1 Å². The highest BCUT2D eigenvalue weighted by Gasteiger charge is 2.06. The van der Waals surface area contributed by atoms with E-state index in [1.807, 2.05) is 25.1 Å². The van der Waals surface area contributed by atoms with Gasteiger partial charge in [-0.25, -0.2) is 0 Å². The summed E-state index contributed by atoms with van der Waals surface area (Å²) >= 11 is 0. The summed E-state index contributed by atoms with van der Waals surface area (Å²) < 4.78 is 0. The fourth-order valence-corrected chi connectivity index (χ4v) is 1.90. The van der Waals surface area contributed by atoms with E-state index in [0.29, 0.717) is 12.1 Å². The number of benzene rings is 1. The predicted molar refractivity (Wildman–Crippen MR) is 83.6 cm³/mol. The third-order valence-corrected chi connectivity index (χ3v) is 3.14. The molecule has 0 unspecified atom stereocenters. The summed E-state index contributed by atoms with van der Waals surface area (Å²) in [5, 5.41) is 2.95. The maximum Gasteiger partial charge on any atom is 0.251 e. The van der Waals surface area contributed by atoms with Gasteiger partial charge < -0.3 is 11.1 Å². The average molecular weight is 272 g/mol. The van der Waals surface area contributed by atoms with Gasteiger partial charge in [-0.1, -0.05) is 44.1 Å². The highest BCUT2D eigenvalue weighted by atomic mass is 16.1. The van der Waals surface area contributed by atoms with Crippen LogP contribution in [0.25, 0.3) is 0 Å². The molecule has 0 heterocycles. The molecule has 3 heteroatoms. The largest absolute Gasteiger partial charge is 0.352 e. The minimum absolute atomic E-state index is 0.0303. The number of hydrogen-bond donors (Lipinski definition) is 2. The molecule has 0 aromatic heterocycles. The van der Waals surface area contributed by atoms with E-state index in [2.05, 4.69) is 24.1 Å². The van der Waals surface area contributed by atoms with Crippen LogP contribution >= 0.6 is 0 Å². The van der Waals surface area contributed by atoms with Crippen LogP contribution in [0.5, 0.6) is 0 Å². The first-order valence-corrected chi connectivity index (χ1v) is 7.26. The van der Waals surface area contributed by atoms with Gasteiger partial charge in [-0.2, -0.15) is 0 Å². The first kappa shape index (κ1) is 16.3. The Morgan fingerprint density at radius 1 is 1.30 bits per heavy atom. The van der Waals surface area contributed by atoms with E-state index in [1.165, 1.54) is 12.8 Å². The topological polar surface area (TPSA) is 55.1 Å². The molecule has 20 heavy (non-hydrogen) atoms. The Morgan fingerprint density at radius 3 is 2.80 bits per heavy atom. The van der Waals surface area contributed by atoms with Crippen molar-refractivity contribution in [1.82, 2.24) is 5.32 Å². The van der Waals surface area contributed by atoms with Gasteiger partial charge in [0.2, 0.25) is 0 Å². The van der Waals surface area contributed by atoms with Crippen LogP contribution in [0.4, 0.5) is 0 Å². The van der Waals surface area contributed by atoms with Gasteiger partial charge in [0.25, 0.3) is 5.91 Å². The Morgan fingerprint density at radius 2 is 2.10 bits per heavy atom. The number of nitrogens with two attached hydrogens (primary N) is 1. The number of carbonyl (C=O) groups is 1. The van der Waals surface area contributed by atoms with Gasteiger partial charge >= 0.3 is 0 Å². The van der Waals surface area contributed by atoms with E-state index in [9.17, 15) is 4.79 Å². The molecule has 1 amide bonds. The summed E-state index contributed by atoms with van der Waals surface area (Å²) in [4.78, 5) is 12.0. The van der Waals surface area contributed by atoms with E-state index < -0.39 is 0 Å². The number of carbonyl (C=O) groups excluding carboxylic acids is 1. The molecule has 0 saturated carbocycles. The molecule has 0 bridgehead atoms. The van der Waals surface area contributed by atoms with Crippen molar-refractivity contribution in [3.8, 4) is 11.8 Å². The quantitative estimate of drug-likeness (QED) is 0.618. The Labute approximate surface area is 121 Å². The molecular weight excluding hydrogens is 248 g/mol. The lowest BCUT2D eigenvalue weighted by molar-refractivity contribution is 0.0953. The van der Waals surface area contributed by atoms with Gasteiger partial charge in [-0.3, -0.25) is 4.79 Å². The third kappa shape index (κ3) is 5.46. The van der Waals surface area contributed by atoms with Crippen molar-refractivity contribution in [3.63, 3.8) is 0 Å². The van der Waals surface area contributed by atoms with E-state index >= 15 is 0 Å². The minimum atomic E-state index is -0.0303. The van der Waals surface area contributed by atoms with Gasteiger partial charge in [0, 0.05) is 17.7 Å². The van der Waals surface area contributed by atoms with Gasteiger partial charge in [0.15, 0.2) is 0 Å². The van der Waals surface area contributed by atoms with Crippen LogP contribution < -0.4 is 11.1 Å². The molecule has 0 aliphatic heterocycles. The number of aryl methyl sites for hydroxylation is 1. The molecule has 108 valence electrons. The summed E-state index contributed by atoms with van der Waals surface area (Å²) in [6, 6.07) is 5.59. The molecular formula is C17H24N2O. The van der Waals surface area contributed by atoms with Crippen molar-refractivity contribution in [1.29, 1.82) is 0 Å². The smallest absolute Gasteiger partial charge is 0.251 e. The van der Waals surface area contributed by atoms with Crippen molar-refractivity contribution in [2.24, 2.45) is 5.73 Å². The monoisotopic (exact) mass is 272 g/mol. The van der Waals surface area contributed by atoms with Crippen molar-refractivity contribution in [3.05, 3.63) is 34.9 Å². The SMILES string of the molecule is CCCCCCNC(=O)c1ccc(C)c(C#CCN)c1. The number of hydrogen-bond acceptors (Lipinski definition) is 2. The zero-order valence-corrected chi connectivity index (χ0v) is 12.5. The van der Waals surface area contributed by atoms with Crippen LogP contribution in [-0.4, -0.2) is 19.0 Å². The van der Waals surface area contributed by atoms with E-state index in [4.69, 9.17) is 5.73 Å². The van der Waals surface area contributed by atoms with Crippen LogP contribution in [0, 0.1) is 18.8 Å². The van der Waals surface area contributed by atoms with Crippen molar-refractivity contribution < 1.29 is 4.79 Å².